The average Bonchev–Trinajstić information content (AvgIpc) is 3.27. The molecule has 25 heavy (non-hydrogen) atoms. The number of nitrogens with zero attached hydrogens (tertiary/aromatic N) is 3. The fraction of sp³-hybridized carbons (Fsp3) is 0.105. The number of aldehydes is 1. The number of benzene rings is 2. The van der Waals surface area contributed by atoms with E-state index in [1.807, 2.05) is 43.3 Å². The molecule has 2 aromatic carbocycles. The van der Waals surface area contributed by atoms with Gasteiger partial charge in [0, 0.05) is 0 Å². The maximum atomic E-state index is 10.9. The molecule has 124 valence electrons. The highest BCUT2D eigenvalue weighted by molar-refractivity contribution is 5.78. The van der Waals surface area contributed by atoms with Crippen LogP contribution in [0.2, 0.25) is 0 Å². The molecule has 0 aliphatic rings. The molecule has 0 amide bonds. The van der Waals surface area contributed by atoms with Crippen LogP contribution in [0.3, 0.4) is 0 Å². The minimum Gasteiger partial charge on any atom is -0.494 e. The molecule has 0 unspecified atom stereocenters. The molecule has 0 N–H and O–H groups in total. The highest BCUT2D eigenvalue weighted by atomic mass is 16.5. The molecule has 0 radical (unpaired) electrons. The Morgan fingerprint density at radius 3 is 2.40 bits per heavy atom. The zero-order valence-electron chi connectivity index (χ0n) is 13.8. The van der Waals surface area contributed by atoms with E-state index in [2.05, 4.69) is 10.2 Å². The lowest BCUT2D eigenvalue weighted by atomic mass is 10.1. The lowest BCUT2D eigenvalue weighted by Gasteiger charge is -2.13. The van der Waals surface area contributed by atoms with Crippen molar-refractivity contribution in [1.82, 2.24) is 15.0 Å². The maximum absolute atomic E-state index is 10.9. The Kier molecular flexibility index (Phi) is 3.57. The quantitative estimate of drug-likeness (QED) is 0.531. The smallest absolute Gasteiger partial charge is 0.185 e. The molecule has 2 aromatic heterocycles. The van der Waals surface area contributed by atoms with Crippen LogP contribution in [0.25, 0.3) is 28.0 Å². The molecule has 4 aromatic rings. The van der Waals surface area contributed by atoms with Crippen LogP contribution >= 0.6 is 0 Å². The number of rotatable bonds is 4. The summed E-state index contributed by atoms with van der Waals surface area (Å²) in [5, 5.41) is 9.06. The van der Waals surface area contributed by atoms with Crippen molar-refractivity contribution in [2.75, 3.05) is 7.11 Å². The fourth-order valence-corrected chi connectivity index (χ4v) is 2.83. The zero-order valence-corrected chi connectivity index (χ0v) is 13.8. The number of carbonyl (C=O) groups is 1. The number of hydrogen-bond acceptors (Lipinski definition) is 5. The molecule has 6 nitrogen and oxygen atoms in total. The van der Waals surface area contributed by atoms with Gasteiger partial charge in [0.25, 0.3) is 0 Å². The third-order valence-corrected chi connectivity index (χ3v) is 3.93. The van der Waals surface area contributed by atoms with Crippen LogP contribution in [-0.4, -0.2) is 28.4 Å². The Morgan fingerprint density at radius 1 is 1.08 bits per heavy atom. The second kappa shape index (κ2) is 5.90. The summed E-state index contributed by atoms with van der Waals surface area (Å²) in [5.74, 6) is 1.40. The standard InChI is InChI=1S/C19H15N3O3/c1-12-9-14(18-8-7-13(11-23)25-18)19(24-2)17(10-12)22-20-15-5-3-4-6-16(15)21-22/h3-11H,1-2H3. The van der Waals surface area contributed by atoms with E-state index < -0.39 is 0 Å². The average molecular weight is 333 g/mol. The van der Waals surface area contributed by atoms with E-state index in [1.54, 1.807) is 24.0 Å². The number of furan rings is 1. The van der Waals surface area contributed by atoms with Gasteiger partial charge >= 0.3 is 0 Å². The Labute approximate surface area is 143 Å². The summed E-state index contributed by atoms with van der Waals surface area (Å²) in [7, 11) is 1.59. The van der Waals surface area contributed by atoms with Crippen molar-refractivity contribution >= 4 is 17.3 Å². The summed E-state index contributed by atoms with van der Waals surface area (Å²) in [5.41, 5.74) is 4.05. The largest absolute Gasteiger partial charge is 0.494 e. The van der Waals surface area contributed by atoms with E-state index in [9.17, 15) is 4.79 Å². The molecule has 0 spiro atoms. The third-order valence-electron chi connectivity index (χ3n) is 3.93. The lowest BCUT2D eigenvalue weighted by molar-refractivity contribution is 0.110. The number of ether oxygens (including phenoxy) is 1. The Bertz CT molecular complexity index is 1050. The molecule has 2 heterocycles. The molecule has 6 heteroatoms. The molecule has 0 saturated carbocycles. The molecule has 0 aliphatic heterocycles. The monoisotopic (exact) mass is 333 g/mol. The number of aryl methyl sites for hydroxylation is 1. The van der Waals surface area contributed by atoms with Gasteiger partial charge in [0.1, 0.15) is 22.5 Å². The van der Waals surface area contributed by atoms with Crippen molar-refractivity contribution in [2.45, 2.75) is 6.92 Å². The van der Waals surface area contributed by atoms with Gasteiger partial charge < -0.3 is 9.15 Å². The first kappa shape index (κ1) is 15.1. The molecule has 0 bridgehead atoms. The number of fused-ring (bicyclic) bond motifs is 1. The maximum Gasteiger partial charge on any atom is 0.185 e. The van der Waals surface area contributed by atoms with Gasteiger partial charge in [-0.25, -0.2) is 0 Å². The fourth-order valence-electron chi connectivity index (χ4n) is 2.83. The first-order valence-corrected chi connectivity index (χ1v) is 7.76. The van der Waals surface area contributed by atoms with Crippen molar-refractivity contribution in [2.24, 2.45) is 0 Å². The highest BCUT2D eigenvalue weighted by Crippen LogP contribution is 2.37. The van der Waals surface area contributed by atoms with E-state index in [0.717, 1.165) is 22.2 Å². The number of carbonyl (C=O) groups excluding carboxylic acids is 1. The minimum atomic E-state index is 0.267. The number of aromatic nitrogens is 3. The molecule has 0 fully saturated rings. The second-order valence-electron chi connectivity index (χ2n) is 5.66. The summed E-state index contributed by atoms with van der Waals surface area (Å²) in [6.45, 7) is 1.97. The molecular formula is C19H15N3O3. The van der Waals surface area contributed by atoms with Gasteiger partial charge in [0.05, 0.1) is 12.7 Å². The molecule has 0 saturated heterocycles. The van der Waals surface area contributed by atoms with E-state index in [1.165, 1.54) is 0 Å². The van der Waals surface area contributed by atoms with Crippen molar-refractivity contribution in [3.63, 3.8) is 0 Å². The van der Waals surface area contributed by atoms with E-state index >= 15 is 0 Å². The van der Waals surface area contributed by atoms with E-state index in [4.69, 9.17) is 9.15 Å². The topological polar surface area (TPSA) is 70.2 Å². The molecule has 4 rings (SSSR count). The predicted octanol–water partition coefficient (Wildman–Crippen LogP) is 3.81. The second-order valence-corrected chi connectivity index (χ2v) is 5.66. The zero-order chi connectivity index (χ0) is 17.4. The van der Waals surface area contributed by atoms with Crippen molar-refractivity contribution < 1.29 is 13.9 Å². The number of methoxy groups -OCH3 is 1. The van der Waals surface area contributed by atoms with Crippen molar-refractivity contribution in [3.05, 3.63) is 59.9 Å². The Morgan fingerprint density at radius 2 is 1.80 bits per heavy atom. The molecule has 0 atom stereocenters. The van der Waals surface area contributed by atoms with Gasteiger partial charge in [-0.1, -0.05) is 12.1 Å². The lowest BCUT2D eigenvalue weighted by Crippen LogP contribution is -2.03. The molecular weight excluding hydrogens is 318 g/mol. The van der Waals surface area contributed by atoms with Crippen LogP contribution in [0.4, 0.5) is 0 Å². The van der Waals surface area contributed by atoms with E-state index in [-0.39, 0.29) is 5.76 Å². The van der Waals surface area contributed by atoms with Gasteiger partial charge in [0.15, 0.2) is 17.8 Å². The summed E-state index contributed by atoms with van der Waals surface area (Å²) in [4.78, 5) is 12.5. The summed E-state index contributed by atoms with van der Waals surface area (Å²) in [6, 6.07) is 14.9. The van der Waals surface area contributed by atoms with E-state index in [0.29, 0.717) is 23.5 Å². The molecule has 0 aliphatic carbocycles. The minimum absolute atomic E-state index is 0.267. The Balaban J connectivity index is 1.94. The van der Waals surface area contributed by atoms with Gasteiger partial charge in [0.2, 0.25) is 0 Å². The predicted molar refractivity (Wildman–Crippen MR) is 93.2 cm³/mol. The van der Waals surface area contributed by atoms with Crippen molar-refractivity contribution in [1.29, 1.82) is 0 Å². The van der Waals surface area contributed by atoms with Crippen LogP contribution in [-0.2, 0) is 0 Å². The van der Waals surface area contributed by atoms with Gasteiger partial charge in [-0.3, -0.25) is 4.79 Å². The van der Waals surface area contributed by atoms with Crippen LogP contribution in [0.15, 0.2) is 52.9 Å². The van der Waals surface area contributed by atoms with Gasteiger partial charge in [-0.2, -0.15) is 0 Å². The number of hydrogen-bond donors (Lipinski definition) is 0. The van der Waals surface area contributed by atoms with Crippen LogP contribution in [0.1, 0.15) is 16.1 Å². The van der Waals surface area contributed by atoms with Crippen LogP contribution in [0.5, 0.6) is 5.75 Å². The Hall–Kier alpha value is -3.41. The van der Waals surface area contributed by atoms with Crippen LogP contribution < -0.4 is 4.74 Å². The first-order valence-electron chi connectivity index (χ1n) is 7.76. The van der Waals surface area contributed by atoms with Crippen molar-refractivity contribution in [3.8, 4) is 22.8 Å². The third kappa shape index (κ3) is 2.57. The summed E-state index contributed by atoms with van der Waals surface area (Å²) in [6.07, 6.45) is 0.675. The van der Waals surface area contributed by atoms with Gasteiger partial charge in [-0.15, -0.1) is 15.0 Å². The first-order chi connectivity index (χ1) is 12.2. The highest BCUT2D eigenvalue weighted by Gasteiger charge is 2.18. The summed E-state index contributed by atoms with van der Waals surface area (Å²) >= 11 is 0. The SMILES string of the molecule is COc1c(-c2ccc(C=O)o2)cc(C)cc1-n1nc2ccccc2n1. The summed E-state index contributed by atoms with van der Waals surface area (Å²) < 4.78 is 11.2. The normalized spacial score (nSPS) is 11.0. The van der Waals surface area contributed by atoms with Gasteiger partial charge in [-0.05, 0) is 48.9 Å². The van der Waals surface area contributed by atoms with Crippen LogP contribution in [0, 0.1) is 6.92 Å².